The van der Waals surface area contributed by atoms with E-state index < -0.39 is 0 Å². The second-order valence-corrected chi connectivity index (χ2v) is 6.24. The van der Waals surface area contributed by atoms with Crippen LogP contribution in [0.4, 0.5) is 0 Å². The number of rotatable bonds is 5. The maximum Gasteiger partial charge on any atom is 0.251 e. The lowest BCUT2D eigenvalue weighted by molar-refractivity contribution is 0.0511. The fourth-order valence-corrected chi connectivity index (χ4v) is 2.91. The predicted octanol–water partition coefficient (Wildman–Crippen LogP) is 2.82. The van der Waals surface area contributed by atoms with Crippen LogP contribution in [0.3, 0.4) is 0 Å². The Morgan fingerprint density at radius 1 is 1.41 bits per heavy atom. The molecular weight excluding hydrogens is 323 g/mol. The number of halogens is 2. The van der Waals surface area contributed by atoms with Crippen LogP contribution in [0.5, 0.6) is 0 Å². The molecule has 1 aliphatic rings. The van der Waals surface area contributed by atoms with Crippen molar-refractivity contribution >= 4 is 29.9 Å². The first kappa shape index (κ1) is 19.2. The lowest BCUT2D eigenvalue weighted by Crippen LogP contribution is -2.47. The quantitative estimate of drug-likeness (QED) is 0.861. The van der Waals surface area contributed by atoms with Gasteiger partial charge < -0.3 is 15.4 Å². The first-order valence-corrected chi connectivity index (χ1v) is 7.68. The van der Waals surface area contributed by atoms with Crippen LogP contribution < -0.4 is 10.6 Å². The highest BCUT2D eigenvalue weighted by Gasteiger charge is 2.32. The summed E-state index contributed by atoms with van der Waals surface area (Å²) in [5.74, 6) is -0.0521. The molecule has 22 heavy (non-hydrogen) atoms. The van der Waals surface area contributed by atoms with Crippen molar-refractivity contribution < 1.29 is 9.53 Å². The molecule has 1 aromatic rings. The molecule has 0 radical (unpaired) electrons. The summed E-state index contributed by atoms with van der Waals surface area (Å²) in [6, 6.07) is 5.35. The van der Waals surface area contributed by atoms with Crippen molar-refractivity contribution in [3.63, 3.8) is 0 Å². The molecule has 124 valence electrons. The number of nitrogens with one attached hydrogen (secondary N) is 2. The summed E-state index contributed by atoms with van der Waals surface area (Å²) in [5, 5.41) is 7.08. The Bertz CT molecular complexity index is 497. The predicted molar refractivity (Wildman–Crippen MR) is 92.2 cm³/mol. The molecule has 1 aromatic carbocycles. The van der Waals surface area contributed by atoms with E-state index in [0.717, 1.165) is 31.5 Å². The van der Waals surface area contributed by atoms with E-state index in [9.17, 15) is 4.79 Å². The number of carbonyl (C=O) groups is 1. The number of methoxy groups -OCH3 is 1. The van der Waals surface area contributed by atoms with Crippen molar-refractivity contribution in [3.05, 3.63) is 34.3 Å². The zero-order valence-corrected chi connectivity index (χ0v) is 14.6. The highest BCUT2D eigenvalue weighted by Crippen LogP contribution is 2.28. The monoisotopic (exact) mass is 346 g/mol. The number of amides is 1. The smallest absolute Gasteiger partial charge is 0.251 e. The maximum atomic E-state index is 12.3. The van der Waals surface area contributed by atoms with E-state index in [0.29, 0.717) is 23.7 Å². The number of ether oxygens (including phenoxy) is 1. The third-order valence-corrected chi connectivity index (χ3v) is 4.58. The summed E-state index contributed by atoms with van der Waals surface area (Å²) in [6.07, 6.45) is 2.03. The topological polar surface area (TPSA) is 50.4 Å². The number of benzene rings is 1. The van der Waals surface area contributed by atoms with Crippen molar-refractivity contribution in [2.45, 2.75) is 19.8 Å². The molecule has 1 saturated heterocycles. The second-order valence-electron chi connectivity index (χ2n) is 5.83. The van der Waals surface area contributed by atoms with Gasteiger partial charge in [-0.05, 0) is 56.6 Å². The molecule has 2 rings (SSSR count). The first-order valence-electron chi connectivity index (χ1n) is 7.30. The fraction of sp³-hybridized carbons (Fsp3) is 0.562. The van der Waals surface area contributed by atoms with Gasteiger partial charge in [0.25, 0.3) is 5.91 Å². The Hall–Kier alpha value is -0.810. The van der Waals surface area contributed by atoms with Crippen molar-refractivity contribution in [3.8, 4) is 0 Å². The summed E-state index contributed by atoms with van der Waals surface area (Å²) < 4.78 is 5.36. The van der Waals surface area contributed by atoms with Crippen molar-refractivity contribution in [2.24, 2.45) is 5.41 Å². The Morgan fingerprint density at radius 2 is 2.09 bits per heavy atom. The molecule has 2 N–H and O–H groups in total. The molecule has 0 spiro atoms. The van der Waals surface area contributed by atoms with Gasteiger partial charge in [0.15, 0.2) is 0 Å². The Kier molecular flexibility index (Phi) is 7.63. The number of carbonyl (C=O) groups excluding carboxylic acids is 1. The summed E-state index contributed by atoms with van der Waals surface area (Å²) in [6.45, 7) is 5.16. The van der Waals surface area contributed by atoms with E-state index in [4.69, 9.17) is 16.3 Å². The van der Waals surface area contributed by atoms with Crippen LogP contribution in [0.25, 0.3) is 0 Å². The van der Waals surface area contributed by atoms with Gasteiger partial charge in [-0.25, -0.2) is 0 Å². The van der Waals surface area contributed by atoms with E-state index in [-0.39, 0.29) is 23.7 Å². The maximum absolute atomic E-state index is 12.3. The molecule has 0 unspecified atom stereocenters. The molecule has 0 bridgehead atoms. The minimum Gasteiger partial charge on any atom is -0.384 e. The second kappa shape index (κ2) is 8.73. The zero-order chi connectivity index (χ0) is 15.3. The van der Waals surface area contributed by atoms with Crippen LogP contribution in [0.15, 0.2) is 18.2 Å². The Labute approximate surface area is 143 Å². The van der Waals surface area contributed by atoms with Gasteiger partial charge in [0.1, 0.15) is 0 Å². The van der Waals surface area contributed by atoms with Crippen LogP contribution >= 0.6 is 24.0 Å². The highest BCUT2D eigenvalue weighted by atomic mass is 35.5. The number of hydrogen-bond acceptors (Lipinski definition) is 3. The SMILES string of the molecule is COCC1(CNC(=O)c2ccc(Cl)c(C)c2)CCNCC1.Cl. The molecule has 6 heteroatoms. The van der Waals surface area contributed by atoms with E-state index in [1.54, 1.807) is 19.2 Å². The van der Waals surface area contributed by atoms with Gasteiger partial charge in [0.2, 0.25) is 0 Å². The van der Waals surface area contributed by atoms with Crippen molar-refractivity contribution in [2.75, 3.05) is 33.4 Å². The van der Waals surface area contributed by atoms with Crippen LogP contribution in [-0.4, -0.2) is 39.3 Å². The number of piperidine rings is 1. The molecule has 0 atom stereocenters. The molecule has 1 amide bonds. The molecule has 1 fully saturated rings. The highest BCUT2D eigenvalue weighted by molar-refractivity contribution is 6.31. The average Bonchev–Trinajstić information content (AvgIpc) is 2.49. The standard InChI is InChI=1S/C16H23ClN2O2.ClH/c1-12-9-13(3-4-14(12)17)15(20)19-10-16(11-21-2)5-7-18-8-6-16;/h3-4,9,18H,5-8,10-11H2,1-2H3,(H,19,20);1H. The Morgan fingerprint density at radius 3 is 2.68 bits per heavy atom. The van der Waals surface area contributed by atoms with Crippen LogP contribution in [0.1, 0.15) is 28.8 Å². The molecular formula is C16H24Cl2N2O2. The van der Waals surface area contributed by atoms with Gasteiger partial charge in [-0.3, -0.25) is 4.79 Å². The molecule has 1 aliphatic heterocycles. The van der Waals surface area contributed by atoms with Crippen molar-refractivity contribution in [1.29, 1.82) is 0 Å². The Balaban J connectivity index is 0.00000242. The molecule has 1 heterocycles. The third kappa shape index (κ3) is 4.85. The summed E-state index contributed by atoms with van der Waals surface area (Å²) in [5.41, 5.74) is 1.60. The minimum absolute atomic E-state index is 0. The van der Waals surface area contributed by atoms with Gasteiger partial charge in [0.05, 0.1) is 6.61 Å². The van der Waals surface area contributed by atoms with Crippen LogP contribution in [-0.2, 0) is 4.74 Å². The van der Waals surface area contributed by atoms with Crippen LogP contribution in [0.2, 0.25) is 5.02 Å². The number of aryl methyl sites for hydroxylation is 1. The van der Waals surface area contributed by atoms with E-state index >= 15 is 0 Å². The van der Waals surface area contributed by atoms with Gasteiger partial charge in [-0.2, -0.15) is 0 Å². The molecule has 4 nitrogen and oxygen atoms in total. The van der Waals surface area contributed by atoms with Crippen LogP contribution in [0, 0.1) is 12.3 Å². The average molecular weight is 347 g/mol. The van der Waals surface area contributed by atoms with E-state index in [1.807, 2.05) is 13.0 Å². The summed E-state index contributed by atoms with van der Waals surface area (Å²) in [7, 11) is 1.72. The first-order chi connectivity index (χ1) is 10.1. The molecule has 0 aliphatic carbocycles. The molecule has 0 saturated carbocycles. The minimum atomic E-state index is -0.0521. The van der Waals surface area contributed by atoms with Gasteiger partial charge in [-0.15, -0.1) is 12.4 Å². The summed E-state index contributed by atoms with van der Waals surface area (Å²) in [4.78, 5) is 12.3. The normalized spacial score (nSPS) is 16.7. The fourth-order valence-electron chi connectivity index (χ4n) is 2.79. The largest absolute Gasteiger partial charge is 0.384 e. The summed E-state index contributed by atoms with van der Waals surface area (Å²) >= 11 is 5.99. The van der Waals surface area contributed by atoms with Gasteiger partial charge in [0, 0.05) is 29.7 Å². The van der Waals surface area contributed by atoms with E-state index in [2.05, 4.69) is 10.6 Å². The van der Waals surface area contributed by atoms with Crippen molar-refractivity contribution in [1.82, 2.24) is 10.6 Å². The van der Waals surface area contributed by atoms with Gasteiger partial charge >= 0.3 is 0 Å². The zero-order valence-electron chi connectivity index (χ0n) is 13.1. The lowest BCUT2D eigenvalue weighted by atomic mass is 9.79. The van der Waals surface area contributed by atoms with E-state index in [1.165, 1.54) is 0 Å². The lowest BCUT2D eigenvalue weighted by Gasteiger charge is -2.37. The molecule has 0 aromatic heterocycles. The van der Waals surface area contributed by atoms with Gasteiger partial charge in [-0.1, -0.05) is 11.6 Å². The number of hydrogen-bond donors (Lipinski definition) is 2. The third-order valence-electron chi connectivity index (χ3n) is 4.16.